The largest absolute Gasteiger partial charge is 0.463 e. The zero-order valence-electron chi connectivity index (χ0n) is 15.2. The Morgan fingerprint density at radius 3 is 2.59 bits per heavy atom. The number of hydrogen-bond donors (Lipinski definition) is 2. The number of rotatable bonds is 6. The maximum atomic E-state index is 12.2. The van der Waals surface area contributed by atoms with Crippen LogP contribution < -0.4 is 11.2 Å². The molecule has 156 valence electrons. The van der Waals surface area contributed by atoms with Crippen LogP contribution in [0.1, 0.15) is 31.9 Å². The molecule has 4 atom stereocenters. The van der Waals surface area contributed by atoms with Crippen molar-refractivity contribution in [3.05, 3.63) is 22.7 Å². The summed E-state index contributed by atoms with van der Waals surface area (Å²) in [4.78, 5) is 51.1. The third-order valence-corrected chi connectivity index (χ3v) is 5.25. The van der Waals surface area contributed by atoms with Crippen molar-refractivity contribution in [3.8, 4) is 0 Å². The van der Waals surface area contributed by atoms with E-state index in [9.17, 15) is 19.2 Å². The van der Waals surface area contributed by atoms with Gasteiger partial charge in [-0.25, -0.2) is 14.4 Å². The van der Waals surface area contributed by atoms with Crippen molar-refractivity contribution >= 4 is 23.7 Å². The molecule has 0 aromatic carbocycles. The van der Waals surface area contributed by atoms with E-state index in [1.165, 1.54) is 12.3 Å². The number of nitrogens with one attached hydrogen (secondary N) is 1. The standard InChI is InChI=1S/C17H19N3O9/c21-11(6-8-2-1-3-8)26-7-9-12-13(29-16(23)15(22)28-12)14(27-9)20-5-4-10(19-25)18-17(20)24/h4-5,8-9,12-14,25H,1-3,6-7H2,(H,18,19,24)/t9-,12?,13?,14-/m1/s1. The molecule has 3 aliphatic rings. The quantitative estimate of drug-likeness (QED) is 0.271. The Labute approximate surface area is 163 Å². The van der Waals surface area contributed by atoms with Crippen LogP contribution in [0.4, 0.5) is 5.82 Å². The number of esters is 3. The number of hydrogen-bond acceptors (Lipinski definition) is 11. The molecule has 2 saturated heterocycles. The van der Waals surface area contributed by atoms with Gasteiger partial charge >= 0.3 is 23.6 Å². The van der Waals surface area contributed by atoms with E-state index in [0.717, 1.165) is 23.8 Å². The van der Waals surface area contributed by atoms with Gasteiger partial charge in [0.25, 0.3) is 0 Å². The van der Waals surface area contributed by atoms with Gasteiger partial charge in [-0.3, -0.25) is 20.0 Å². The zero-order valence-corrected chi connectivity index (χ0v) is 15.2. The number of ether oxygens (including phenoxy) is 4. The number of carbonyl (C=O) groups excluding carboxylic acids is 3. The molecule has 1 aromatic heterocycles. The third-order valence-electron chi connectivity index (χ3n) is 5.25. The topological polar surface area (TPSA) is 155 Å². The normalized spacial score (nSPS) is 28.7. The van der Waals surface area contributed by atoms with Gasteiger partial charge in [-0.1, -0.05) is 6.42 Å². The maximum absolute atomic E-state index is 12.2. The summed E-state index contributed by atoms with van der Waals surface area (Å²) in [5, 5.41) is 8.85. The molecule has 0 amide bonds. The lowest BCUT2D eigenvalue weighted by molar-refractivity contribution is -0.195. The monoisotopic (exact) mass is 409 g/mol. The van der Waals surface area contributed by atoms with Crippen LogP contribution in [-0.4, -0.2) is 57.6 Å². The molecule has 1 saturated carbocycles. The highest BCUT2D eigenvalue weighted by Crippen LogP contribution is 2.36. The van der Waals surface area contributed by atoms with Crippen LogP contribution in [0.2, 0.25) is 0 Å². The molecule has 4 rings (SSSR count). The number of carbonyl (C=O) groups is 3. The molecule has 2 N–H and O–H groups in total. The molecule has 2 aliphatic heterocycles. The van der Waals surface area contributed by atoms with Crippen LogP contribution in [0.5, 0.6) is 0 Å². The van der Waals surface area contributed by atoms with Crippen molar-refractivity contribution in [2.45, 2.75) is 50.2 Å². The van der Waals surface area contributed by atoms with E-state index in [2.05, 4.69) is 4.98 Å². The van der Waals surface area contributed by atoms with E-state index in [1.54, 1.807) is 5.48 Å². The van der Waals surface area contributed by atoms with E-state index >= 15 is 0 Å². The Bertz CT molecular complexity index is 881. The molecule has 0 radical (unpaired) electrons. The maximum Gasteiger partial charge on any atom is 0.418 e. The van der Waals surface area contributed by atoms with Crippen molar-refractivity contribution in [1.29, 1.82) is 0 Å². The SMILES string of the molecule is O=C(CC1CCC1)OC[C@H]1O[C@@H](n2ccc(NO)nc2=O)C2OC(=O)C(=O)OC21. The first kappa shape index (κ1) is 19.3. The Kier molecular flexibility index (Phi) is 5.20. The summed E-state index contributed by atoms with van der Waals surface area (Å²) >= 11 is 0. The average molecular weight is 409 g/mol. The van der Waals surface area contributed by atoms with Gasteiger partial charge in [-0.15, -0.1) is 0 Å². The first-order valence-corrected chi connectivity index (χ1v) is 9.18. The highest BCUT2D eigenvalue weighted by Gasteiger charge is 2.55. The summed E-state index contributed by atoms with van der Waals surface area (Å²) in [5.74, 6) is -2.56. The smallest absolute Gasteiger partial charge is 0.418 e. The third kappa shape index (κ3) is 3.80. The van der Waals surface area contributed by atoms with E-state index in [-0.39, 0.29) is 12.4 Å². The average Bonchev–Trinajstić information content (AvgIpc) is 3.00. The summed E-state index contributed by atoms with van der Waals surface area (Å²) in [6, 6.07) is 1.29. The second kappa shape index (κ2) is 7.79. The molecule has 0 bridgehead atoms. The van der Waals surface area contributed by atoms with Crippen molar-refractivity contribution < 1.29 is 38.5 Å². The fraction of sp³-hybridized carbons (Fsp3) is 0.588. The predicted octanol–water partition coefficient (Wildman–Crippen LogP) is -0.488. The minimum absolute atomic E-state index is 0.0886. The van der Waals surface area contributed by atoms with E-state index in [1.807, 2.05) is 0 Å². The highest BCUT2D eigenvalue weighted by molar-refractivity contribution is 6.30. The lowest BCUT2D eigenvalue weighted by Crippen LogP contribution is -2.48. The Hall–Kier alpha value is -2.99. The van der Waals surface area contributed by atoms with Crippen molar-refractivity contribution in [2.24, 2.45) is 5.92 Å². The van der Waals surface area contributed by atoms with Gasteiger partial charge in [0.1, 0.15) is 12.7 Å². The number of fused-ring (bicyclic) bond motifs is 1. The first-order chi connectivity index (χ1) is 14.0. The van der Waals surface area contributed by atoms with E-state index in [4.69, 9.17) is 24.2 Å². The zero-order chi connectivity index (χ0) is 20.5. The van der Waals surface area contributed by atoms with Gasteiger partial charge < -0.3 is 18.9 Å². The van der Waals surface area contributed by atoms with Crippen LogP contribution in [0, 0.1) is 5.92 Å². The molecule has 1 aliphatic carbocycles. The van der Waals surface area contributed by atoms with Crippen LogP contribution in [-0.2, 0) is 33.3 Å². The Morgan fingerprint density at radius 2 is 1.97 bits per heavy atom. The van der Waals surface area contributed by atoms with Crippen molar-refractivity contribution in [3.63, 3.8) is 0 Å². The highest BCUT2D eigenvalue weighted by atomic mass is 16.7. The minimum atomic E-state index is -1.21. The Morgan fingerprint density at radius 1 is 1.24 bits per heavy atom. The molecule has 2 unspecified atom stereocenters. The lowest BCUT2D eigenvalue weighted by Gasteiger charge is -2.28. The minimum Gasteiger partial charge on any atom is -0.463 e. The molecule has 29 heavy (non-hydrogen) atoms. The van der Waals surface area contributed by atoms with Gasteiger partial charge in [-0.2, -0.15) is 4.98 Å². The van der Waals surface area contributed by atoms with E-state index < -0.39 is 48.1 Å². The molecule has 1 aromatic rings. The Balaban J connectivity index is 1.50. The fourth-order valence-corrected chi connectivity index (χ4v) is 3.51. The van der Waals surface area contributed by atoms with Gasteiger partial charge in [-0.05, 0) is 24.8 Å². The number of anilines is 1. The van der Waals surface area contributed by atoms with Crippen LogP contribution in [0.15, 0.2) is 17.1 Å². The molecular weight excluding hydrogens is 390 g/mol. The number of nitrogens with zero attached hydrogens (tertiary/aromatic N) is 2. The summed E-state index contributed by atoms with van der Waals surface area (Å²) in [5.41, 5.74) is 0.941. The van der Waals surface area contributed by atoms with E-state index in [0.29, 0.717) is 12.3 Å². The van der Waals surface area contributed by atoms with Crippen LogP contribution in [0.3, 0.4) is 0 Å². The van der Waals surface area contributed by atoms with Gasteiger partial charge in [0.2, 0.25) is 0 Å². The summed E-state index contributed by atoms with van der Waals surface area (Å²) < 4.78 is 22.2. The van der Waals surface area contributed by atoms with Gasteiger partial charge in [0.05, 0.1) is 0 Å². The number of aromatic nitrogens is 2. The lowest BCUT2D eigenvalue weighted by atomic mass is 9.83. The molecule has 12 nitrogen and oxygen atoms in total. The summed E-state index contributed by atoms with van der Waals surface area (Å²) in [6.45, 7) is -0.230. The van der Waals surface area contributed by atoms with Gasteiger partial charge in [0, 0.05) is 12.6 Å². The first-order valence-electron chi connectivity index (χ1n) is 9.18. The fourth-order valence-electron chi connectivity index (χ4n) is 3.51. The predicted molar refractivity (Wildman–Crippen MR) is 90.5 cm³/mol. The summed E-state index contributed by atoms with van der Waals surface area (Å²) in [7, 11) is 0. The second-order valence-electron chi connectivity index (χ2n) is 7.10. The van der Waals surface area contributed by atoms with Crippen molar-refractivity contribution in [1.82, 2.24) is 9.55 Å². The molecule has 3 fully saturated rings. The summed E-state index contributed by atoms with van der Waals surface area (Å²) in [6.07, 6.45) is 0.392. The molecule has 12 heteroatoms. The van der Waals surface area contributed by atoms with Crippen LogP contribution in [0.25, 0.3) is 0 Å². The van der Waals surface area contributed by atoms with Crippen LogP contribution >= 0.6 is 0 Å². The second-order valence-corrected chi connectivity index (χ2v) is 7.10. The molecular formula is C17H19N3O9. The van der Waals surface area contributed by atoms with Crippen molar-refractivity contribution in [2.75, 3.05) is 12.1 Å². The molecule has 0 spiro atoms. The molecule has 3 heterocycles. The van der Waals surface area contributed by atoms with Gasteiger partial charge in [0.15, 0.2) is 24.3 Å².